The number of hydrogen-bond donors (Lipinski definition) is 1. The Morgan fingerprint density at radius 3 is 2.93 bits per heavy atom. The topological polar surface area (TPSA) is 40.5 Å². The summed E-state index contributed by atoms with van der Waals surface area (Å²) in [7, 11) is 0. The maximum absolute atomic E-state index is 10.7. The Labute approximate surface area is 126 Å². The van der Waals surface area contributed by atoms with Crippen molar-refractivity contribution >= 4 is 5.97 Å². The minimum atomic E-state index is -0.814. The van der Waals surface area contributed by atoms with Crippen LogP contribution in [0.4, 0.5) is 0 Å². The smallest absolute Gasteiger partial charge is 1.00 e. The van der Waals surface area contributed by atoms with Crippen LogP contribution in [-0.4, -0.2) is 16.0 Å². The number of carboxylic acids is 1. The Balaban J connectivity index is 0.000000980. The van der Waals surface area contributed by atoms with Crippen LogP contribution in [0.3, 0.4) is 0 Å². The molecule has 2 aliphatic heterocycles. The number of carbonyl (C=O) groups is 1. The van der Waals surface area contributed by atoms with Crippen LogP contribution < -0.4 is 51.4 Å². The van der Waals surface area contributed by atoms with E-state index in [9.17, 15) is 4.79 Å². The van der Waals surface area contributed by atoms with Gasteiger partial charge in [0.15, 0.2) is 0 Å². The maximum Gasteiger partial charge on any atom is 1.00 e. The molecule has 0 bridgehead atoms. The normalized spacial score (nSPS) is 22.4. The summed E-state index contributed by atoms with van der Waals surface area (Å²) < 4.78 is 0. The van der Waals surface area contributed by atoms with Crippen LogP contribution in [0.25, 0.3) is 0 Å². The first kappa shape index (κ1) is 11.9. The molecule has 0 aromatic rings. The Bertz CT molecular complexity index is 360. The van der Waals surface area contributed by atoms with Gasteiger partial charge in [0.2, 0.25) is 0 Å². The molecule has 1 N–H and O–H groups in total. The fourth-order valence-electron chi connectivity index (χ4n) is 1.32. The predicted molar refractivity (Wildman–Crippen MR) is 49.6 cm³/mol. The van der Waals surface area contributed by atoms with Gasteiger partial charge in [-0.25, -0.2) is 0 Å². The van der Waals surface area contributed by atoms with E-state index in [0.29, 0.717) is 0 Å². The minimum absolute atomic E-state index is 0. The first-order valence-corrected chi connectivity index (χ1v) is 4.03. The van der Waals surface area contributed by atoms with E-state index in [2.05, 4.69) is 0 Å². The number of aliphatic carboxylic acids is 1. The molecule has 0 aliphatic carbocycles. The molecule has 2 heterocycles. The van der Waals surface area contributed by atoms with Crippen molar-refractivity contribution in [3.63, 3.8) is 0 Å². The summed E-state index contributed by atoms with van der Waals surface area (Å²) in [6, 6.07) is 0. The fraction of sp³-hybridized carbons (Fsp3) is 0.100. The Morgan fingerprint density at radius 1 is 1.43 bits per heavy atom. The second-order valence-corrected chi connectivity index (χ2v) is 2.90. The van der Waals surface area contributed by atoms with Crippen LogP contribution in [0, 0.1) is 5.92 Å². The summed E-state index contributed by atoms with van der Waals surface area (Å²) in [5.41, 5.74) is 0.914. The van der Waals surface area contributed by atoms with Crippen LogP contribution in [0.5, 0.6) is 0 Å². The molecule has 1 atom stereocenters. The van der Waals surface area contributed by atoms with Crippen molar-refractivity contribution in [1.82, 2.24) is 4.90 Å². The van der Waals surface area contributed by atoms with Crippen LogP contribution in [0.15, 0.2) is 48.5 Å². The number of hydrogen-bond acceptors (Lipinski definition) is 2. The van der Waals surface area contributed by atoms with Gasteiger partial charge >= 0.3 is 57.4 Å². The molecule has 0 spiro atoms. The van der Waals surface area contributed by atoms with Gasteiger partial charge in [-0.2, -0.15) is 0 Å². The van der Waals surface area contributed by atoms with E-state index in [1.54, 1.807) is 18.4 Å². The predicted octanol–water partition coefficient (Wildman–Crippen LogP) is -1.40. The van der Waals surface area contributed by atoms with Gasteiger partial charge in [0.25, 0.3) is 0 Å². The molecule has 2 aliphatic rings. The maximum atomic E-state index is 10.7. The number of nitrogens with zero attached hydrogens (tertiary/aromatic N) is 1. The van der Waals surface area contributed by atoms with Gasteiger partial charge in [-0.3, -0.25) is 4.79 Å². The van der Waals surface area contributed by atoms with Gasteiger partial charge in [0, 0.05) is 18.1 Å². The van der Waals surface area contributed by atoms with E-state index < -0.39 is 11.9 Å². The second-order valence-electron chi connectivity index (χ2n) is 2.90. The van der Waals surface area contributed by atoms with Crippen LogP contribution >= 0.6 is 0 Å². The summed E-state index contributed by atoms with van der Waals surface area (Å²) in [5.74, 6) is -1.31. The third-order valence-electron chi connectivity index (χ3n) is 2.01. The largest absolute Gasteiger partial charge is 1.00 e. The van der Waals surface area contributed by atoms with Crippen LogP contribution in [0.1, 0.15) is 1.43 Å². The summed E-state index contributed by atoms with van der Waals surface area (Å²) in [4.78, 5) is 12.6. The molecular weight excluding hydrogens is 205 g/mol. The second kappa shape index (κ2) is 5.09. The third-order valence-corrected chi connectivity index (χ3v) is 2.01. The van der Waals surface area contributed by atoms with Gasteiger partial charge < -0.3 is 11.4 Å². The van der Waals surface area contributed by atoms with Gasteiger partial charge in [-0.15, -0.1) is 0 Å². The molecule has 14 heavy (non-hydrogen) atoms. The summed E-state index contributed by atoms with van der Waals surface area (Å²) >= 11 is 0. The number of allylic oxidation sites excluding steroid dienone is 3. The van der Waals surface area contributed by atoms with Gasteiger partial charge in [0.05, 0.1) is 5.92 Å². The van der Waals surface area contributed by atoms with Crippen molar-refractivity contribution in [2.45, 2.75) is 0 Å². The Hall–Kier alpha value is -0.134. The van der Waals surface area contributed by atoms with Crippen molar-refractivity contribution in [3.8, 4) is 0 Å². The van der Waals surface area contributed by atoms with E-state index in [1.807, 2.05) is 29.3 Å². The molecular formula is C10H10KNO2. The SMILES string of the molecule is O=C(O)C1C=CN2C=CC=CC2=C1.[H-].[K+]. The summed E-state index contributed by atoms with van der Waals surface area (Å²) in [5, 5.41) is 8.77. The molecule has 0 aromatic heterocycles. The zero-order valence-electron chi connectivity index (χ0n) is 8.92. The molecule has 3 nitrogen and oxygen atoms in total. The first-order valence-electron chi connectivity index (χ1n) is 4.03. The van der Waals surface area contributed by atoms with Crippen molar-refractivity contribution in [1.29, 1.82) is 0 Å². The molecule has 0 fully saturated rings. The van der Waals surface area contributed by atoms with Gasteiger partial charge in [0.1, 0.15) is 0 Å². The fourth-order valence-corrected chi connectivity index (χ4v) is 1.32. The van der Waals surface area contributed by atoms with Gasteiger partial charge in [-0.1, -0.05) is 6.08 Å². The monoisotopic (exact) mass is 215 g/mol. The molecule has 2 rings (SSSR count). The standard InChI is InChI=1S/C10H9NO2.K.H/c12-10(13)8-4-6-11-5-2-1-3-9(11)7-8;;/h1-8H,(H,12,13);;/q;+1;-1. The third kappa shape index (κ3) is 2.46. The van der Waals surface area contributed by atoms with E-state index in [-0.39, 0.29) is 52.8 Å². The number of rotatable bonds is 1. The molecule has 0 radical (unpaired) electrons. The average molecular weight is 215 g/mol. The van der Waals surface area contributed by atoms with Crippen LogP contribution in [-0.2, 0) is 4.79 Å². The average Bonchev–Trinajstić information content (AvgIpc) is 2.17. The number of carboxylic acid groups (broad SMARTS) is 1. The van der Waals surface area contributed by atoms with E-state index in [0.717, 1.165) is 5.70 Å². The minimum Gasteiger partial charge on any atom is -1.00 e. The molecule has 4 heteroatoms. The van der Waals surface area contributed by atoms with E-state index >= 15 is 0 Å². The Morgan fingerprint density at radius 2 is 2.21 bits per heavy atom. The van der Waals surface area contributed by atoms with Crippen molar-refractivity contribution in [2.75, 3.05) is 0 Å². The molecule has 68 valence electrons. The molecule has 0 aromatic carbocycles. The summed E-state index contributed by atoms with van der Waals surface area (Å²) in [6.45, 7) is 0. The molecule has 0 amide bonds. The number of fused-ring (bicyclic) bond motifs is 1. The zero-order chi connectivity index (χ0) is 9.26. The molecule has 0 saturated heterocycles. The van der Waals surface area contributed by atoms with Crippen molar-refractivity contribution in [2.24, 2.45) is 5.92 Å². The van der Waals surface area contributed by atoms with Crippen molar-refractivity contribution < 1.29 is 62.7 Å². The first-order chi connectivity index (χ1) is 6.27. The quantitative estimate of drug-likeness (QED) is 0.547. The van der Waals surface area contributed by atoms with Crippen LogP contribution in [0.2, 0.25) is 0 Å². The summed E-state index contributed by atoms with van der Waals surface area (Å²) in [6.07, 6.45) is 12.7. The van der Waals surface area contributed by atoms with Gasteiger partial charge in [-0.05, 0) is 24.3 Å². The molecule has 0 saturated carbocycles. The van der Waals surface area contributed by atoms with E-state index in [1.165, 1.54) is 0 Å². The zero-order valence-corrected chi connectivity index (χ0v) is 11.0. The van der Waals surface area contributed by atoms with Crippen molar-refractivity contribution in [3.05, 3.63) is 48.5 Å². The molecule has 1 unspecified atom stereocenters. The Kier molecular flexibility index (Phi) is 4.34. The van der Waals surface area contributed by atoms with E-state index in [4.69, 9.17) is 5.11 Å².